The third-order valence-corrected chi connectivity index (χ3v) is 4.48. The van der Waals surface area contributed by atoms with E-state index in [0.717, 1.165) is 23.1 Å². The van der Waals surface area contributed by atoms with Crippen LogP contribution < -0.4 is 0 Å². The smallest absolute Gasteiger partial charge is 0.0955 e. The lowest BCUT2D eigenvalue weighted by molar-refractivity contribution is 0.472. The third-order valence-electron chi connectivity index (χ3n) is 2.87. The maximum absolute atomic E-state index is 13.3. The SMILES string of the molecule is C=C(F)C([SiH3])(CC)Cc1ccccc1. The van der Waals surface area contributed by atoms with Gasteiger partial charge in [0.05, 0.1) is 5.83 Å². The lowest BCUT2D eigenvalue weighted by Crippen LogP contribution is -2.15. The first-order valence-corrected chi connectivity index (χ1v) is 5.97. The highest BCUT2D eigenvalue weighted by molar-refractivity contribution is 6.17. The number of hydrogen-bond acceptors (Lipinski definition) is 0. The molecular weight excluding hydrogens is 191 g/mol. The molecule has 0 amide bonds. The maximum atomic E-state index is 13.3. The zero-order valence-corrected chi connectivity index (χ0v) is 10.9. The van der Waals surface area contributed by atoms with Gasteiger partial charge in [0.2, 0.25) is 0 Å². The van der Waals surface area contributed by atoms with Crippen LogP contribution in [-0.4, -0.2) is 10.2 Å². The van der Waals surface area contributed by atoms with Crippen LogP contribution in [0.15, 0.2) is 42.7 Å². The summed E-state index contributed by atoms with van der Waals surface area (Å²) in [6.07, 6.45) is 1.62. The fraction of sp³-hybridized carbons (Fsp3) is 0.333. The van der Waals surface area contributed by atoms with E-state index in [2.05, 4.69) is 6.58 Å². The van der Waals surface area contributed by atoms with Gasteiger partial charge in [-0.2, -0.15) is 0 Å². The van der Waals surface area contributed by atoms with Crippen LogP contribution in [0.3, 0.4) is 0 Å². The van der Waals surface area contributed by atoms with Gasteiger partial charge in [-0.3, -0.25) is 0 Å². The lowest BCUT2D eigenvalue weighted by atomic mass is 9.95. The number of hydrogen-bond donors (Lipinski definition) is 0. The van der Waals surface area contributed by atoms with Gasteiger partial charge in [0.25, 0.3) is 0 Å². The maximum Gasteiger partial charge on any atom is 0.0955 e. The standard InChI is InChI=1S/C12H17FSi/c1-3-12(14,10(2)13)9-11-7-5-4-6-8-11/h4-8H,2-3,9H2,1,14H3. The van der Waals surface area contributed by atoms with Gasteiger partial charge in [-0.1, -0.05) is 43.8 Å². The van der Waals surface area contributed by atoms with Crippen LogP contribution in [0.2, 0.25) is 5.04 Å². The van der Waals surface area contributed by atoms with Crippen molar-refractivity contribution in [3.05, 3.63) is 48.3 Å². The predicted molar refractivity (Wildman–Crippen MR) is 63.3 cm³/mol. The minimum absolute atomic E-state index is 0.157. The zero-order valence-electron chi connectivity index (χ0n) is 8.89. The van der Waals surface area contributed by atoms with Crippen molar-refractivity contribution in [3.63, 3.8) is 0 Å². The highest BCUT2D eigenvalue weighted by Gasteiger charge is 2.26. The number of rotatable bonds is 4. The van der Waals surface area contributed by atoms with Gasteiger partial charge < -0.3 is 0 Å². The van der Waals surface area contributed by atoms with Crippen LogP contribution in [0.5, 0.6) is 0 Å². The average Bonchev–Trinajstić information content (AvgIpc) is 2.19. The molecule has 1 unspecified atom stereocenters. The number of allylic oxidation sites excluding steroid dienone is 1. The monoisotopic (exact) mass is 208 g/mol. The minimum Gasteiger partial charge on any atom is -0.212 e. The molecule has 0 aromatic heterocycles. The van der Waals surface area contributed by atoms with E-state index < -0.39 is 0 Å². The fourth-order valence-corrected chi connectivity index (χ4v) is 1.87. The van der Waals surface area contributed by atoms with Crippen LogP contribution in [0.1, 0.15) is 18.9 Å². The Morgan fingerprint density at radius 1 is 1.43 bits per heavy atom. The second-order valence-electron chi connectivity index (χ2n) is 3.98. The Bertz CT molecular complexity index is 307. The summed E-state index contributed by atoms with van der Waals surface area (Å²) in [5.74, 6) is -0.157. The first-order valence-electron chi connectivity index (χ1n) is 4.97. The molecule has 76 valence electrons. The van der Waals surface area contributed by atoms with Crippen molar-refractivity contribution in [1.29, 1.82) is 0 Å². The van der Waals surface area contributed by atoms with Gasteiger partial charge in [-0.05, 0) is 18.4 Å². The summed E-state index contributed by atoms with van der Waals surface area (Å²) < 4.78 is 13.3. The molecule has 0 radical (unpaired) electrons. The van der Waals surface area contributed by atoms with Crippen molar-refractivity contribution in [2.45, 2.75) is 24.8 Å². The van der Waals surface area contributed by atoms with Crippen molar-refractivity contribution < 1.29 is 4.39 Å². The van der Waals surface area contributed by atoms with E-state index in [-0.39, 0.29) is 10.9 Å². The molecule has 0 nitrogen and oxygen atoms in total. The Balaban J connectivity index is 2.81. The van der Waals surface area contributed by atoms with Crippen LogP contribution in [0.25, 0.3) is 0 Å². The quantitative estimate of drug-likeness (QED) is 0.667. The first kappa shape index (κ1) is 11.2. The summed E-state index contributed by atoms with van der Waals surface area (Å²) in [6, 6.07) is 10.1. The molecule has 1 aromatic carbocycles. The van der Waals surface area contributed by atoms with Gasteiger partial charge in [0, 0.05) is 15.3 Å². The summed E-state index contributed by atoms with van der Waals surface area (Å²) >= 11 is 0. The topological polar surface area (TPSA) is 0 Å². The molecule has 1 rings (SSSR count). The van der Waals surface area contributed by atoms with E-state index in [4.69, 9.17) is 0 Å². The van der Waals surface area contributed by atoms with Crippen LogP contribution in [0, 0.1) is 0 Å². The summed E-state index contributed by atoms with van der Waals surface area (Å²) in [7, 11) is 0.814. The van der Waals surface area contributed by atoms with Gasteiger partial charge in [-0.15, -0.1) is 0 Å². The molecule has 1 aromatic rings. The van der Waals surface area contributed by atoms with Gasteiger partial charge in [0.15, 0.2) is 0 Å². The molecule has 0 saturated heterocycles. The Kier molecular flexibility index (Phi) is 3.64. The van der Waals surface area contributed by atoms with E-state index in [1.54, 1.807) is 0 Å². The van der Waals surface area contributed by atoms with E-state index in [1.807, 2.05) is 37.3 Å². The van der Waals surface area contributed by atoms with Crippen molar-refractivity contribution in [3.8, 4) is 0 Å². The largest absolute Gasteiger partial charge is 0.212 e. The van der Waals surface area contributed by atoms with E-state index >= 15 is 0 Å². The molecule has 0 aliphatic rings. The molecule has 0 aliphatic heterocycles. The molecular formula is C12H17FSi. The highest BCUT2D eigenvalue weighted by Crippen LogP contribution is 2.38. The zero-order chi connectivity index (χ0) is 10.6. The summed E-state index contributed by atoms with van der Waals surface area (Å²) in [5, 5.41) is -0.276. The van der Waals surface area contributed by atoms with Crippen molar-refractivity contribution >= 4 is 10.2 Å². The van der Waals surface area contributed by atoms with Crippen LogP contribution >= 0.6 is 0 Å². The molecule has 14 heavy (non-hydrogen) atoms. The molecule has 0 N–H and O–H groups in total. The van der Waals surface area contributed by atoms with Crippen molar-refractivity contribution in [2.75, 3.05) is 0 Å². The minimum atomic E-state index is -0.276. The Morgan fingerprint density at radius 3 is 2.43 bits per heavy atom. The lowest BCUT2D eigenvalue weighted by Gasteiger charge is -2.26. The fourth-order valence-electron chi connectivity index (χ4n) is 1.46. The normalized spacial score (nSPS) is 15.0. The van der Waals surface area contributed by atoms with Crippen LogP contribution in [-0.2, 0) is 6.42 Å². The van der Waals surface area contributed by atoms with Gasteiger partial charge >= 0.3 is 0 Å². The summed E-state index contributed by atoms with van der Waals surface area (Å²) in [4.78, 5) is 0. The van der Waals surface area contributed by atoms with Crippen molar-refractivity contribution in [1.82, 2.24) is 0 Å². The van der Waals surface area contributed by atoms with Gasteiger partial charge in [-0.25, -0.2) is 4.39 Å². The van der Waals surface area contributed by atoms with Gasteiger partial charge in [0.1, 0.15) is 0 Å². The number of benzene rings is 1. The van der Waals surface area contributed by atoms with Crippen LogP contribution in [0.4, 0.5) is 4.39 Å². The molecule has 2 heteroatoms. The predicted octanol–water partition coefficient (Wildman–Crippen LogP) is 2.65. The molecule has 1 atom stereocenters. The Morgan fingerprint density at radius 2 is 2.00 bits per heavy atom. The molecule has 0 spiro atoms. The van der Waals surface area contributed by atoms with E-state index in [0.29, 0.717) is 0 Å². The van der Waals surface area contributed by atoms with Crippen molar-refractivity contribution in [2.24, 2.45) is 0 Å². The molecule has 0 saturated carbocycles. The highest BCUT2D eigenvalue weighted by atomic mass is 28.1. The number of halogens is 1. The second kappa shape index (κ2) is 4.56. The average molecular weight is 208 g/mol. The molecule has 0 fully saturated rings. The molecule has 0 aliphatic carbocycles. The van der Waals surface area contributed by atoms with E-state index in [9.17, 15) is 4.39 Å². The summed E-state index contributed by atoms with van der Waals surface area (Å²) in [6.45, 7) is 5.49. The third kappa shape index (κ3) is 2.55. The Labute approximate surface area is 88.3 Å². The molecule has 0 heterocycles. The molecule has 0 bridgehead atoms. The van der Waals surface area contributed by atoms with E-state index in [1.165, 1.54) is 5.56 Å². The first-order chi connectivity index (χ1) is 6.58. The Hall–Kier alpha value is -0.893. The summed E-state index contributed by atoms with van der Waals surface area (Å²) in [5.41, 5.74) is 1.20. The second-order valence-corrected chi connectivity index (χ2v) is 5.90.